The standard InChI is InChI=1S/C13H19FN2O3S/c1-8(4-5-20(3)18)16-12-6-9(13(17)19-2)11(15)7-10(12)14/h6-8,16H,4-5,15H2,1-3H3. The highest BCUT2D eigenvalue weighted by Crippen LogP contribution is 2.23. The Morgan fingerprint density at radius 3 is 2.75 bits per heavy atom. The molecule has 0 aliphatic carbocycles. The van der Waals surface area contributed by atoms with Crippen LogP contribution in [-0.2, 0) is 15.5 Å². The molecule has 2 atom stereocenters. The zero-order valence-corrected chi connectivity index (χ0v) is 12.6. The van der Waals surface area contributed by atoms with E-state index < -0.39 is 22.6 Å². The minimum atomic E-state index is -0.894. The van der Waals surface area contributed by atoms with E-state index in [1.165, 1.54) is 13.2 Å². The van der Waals surface area contributed by atoms with Crippen molar-refractivity contribution in [2.75, 3.05) is 30.2 Å². The van der Waals surface area contributed by atoms with Crippen LogP contribution in [0.25, 0.3) is 0 Å². The third-order valence-electron chi connectivity index (χ3n) is 2.78. The summed E-state index contributed by atoms with van der Waals surface area (Å²) in [5.41, 5.74) is 5.91. The Labute approximate surface area is 120 Å². The molecule has 3 N–H and O–H groups in total. The van der Waals surface area contributed by atoms with Crippen molar-refractivity contribution >= 4 is 28.1 Å². The minimum Gasteiger partial charge on any atom is -0.465 e. The van der Waals surface area contributed by atoms with Crippen LogP contribution in [0.1, 0.15) is 23.7 Å². The van der Waals surface area contributed by atoms with Crippen molar-refractivity contribution in [1.29, 1.82) is 0 Å². The monoisotopic (exact) mass is 302 g/mol. The van der Waals surface area contributed by atoms with E-state index in [9.17, 15) is 13.4 Å². The lowest BCUT2D eigenvalue weighted by molar-refractivity contribution is 0.0602. The van der Waals surface area contributed by atoms with Gasteiger partial charge in [-0.2, -0.15) is 0 Å². The fourth-order valence-electron chi connectivity index (χ4n) is 1.67. The Kier molecular flexibility index (Phi) is 5.94. The van der Waals surface area contributed by atoms with Crippen LogP contribution in [0.4, 0.5) is 15.8 Å². The first kappa shape index (κ1) is 16.4. The molecule has 1 aromatic rings. The highest BCUT2D eigenvalue weighted by Gasteiger charge is 2.15. The molecule has 112 valence electrons. The fraction of sp³-hybridized carbons (Fsp3) is 0.462. The molecule has 0 fully saturated rings. The summed E-state index contributed by atoms with van der Waals surface area (Å²) in [5.74, 6) is -0.637. The summed E-state index contributed by atoms with van der Waals surface area (Å²) in [5, 5.41) is 2.94. The number of anilines is 2. The van der Waals surface area contributed by atoms with Crippen LogP contribution >= 0.6 is 0 Å². The lowest BCUT2D eigenvalue weighted by Gasteiger charge is -2.16. The molecule has 0 amide bonds. The molecule has 0 aliphatic heterocycles. The number of hydrogen-bond acceptors (Lipinski definition) is 5. The number of nitrogen functional groups attached to an aromatic ring is 1. The zero-order chi connectivity index (χ0) is 15.3. The van der Waals surface area contributed by atoms with Gasteiger partial charge < -0.3 is 15.8 Å². The lowest BCUT2D eigenvalue weighted by atomic mass is 10.1. The van der Waals surface area contributed by atoms with Crippen LogP contribution in [0.15, 0.2) is 12.1 Å². The topological polar surface area (TPSA) is 81.4 Å². The van der Waals surface area contributed by atoms with E-state index in [2.05, 4.69) is 10.1 Å². The quantitative estimate of drug-likeness (QED) is 0.618. The van der Waals surface area contributed by atoms with E-state index >= 15 is 0 Å². The van der Waals surface area contributed by atoms with E-state index in [0.717, 1.165) is 6.07 Å². The molecule has 0 aliphatic rings. The Balaban J connectivity index is 2.89. The summed E-state index contributed by atoms with van der Waals surface area (Å²) < 4.78 is 29.4. The molecular formula is C13H19FN2O3S. The van der Waals surface area contributed by atoms with Gasteiger partial charge in [0.25, 0.3) is 0 Å². The van der Waals surface area contributed by atoms with Crippen molar-refractivity contribution < 1.29 is 18.1 Å². The first-order valence-corrected chi connectivity index (χ1v) is 7.81. The molecule has 0 radical (unpaired) electrons. The van der Waals surface area contributed by atoms with Crippen molar-refractivity contribution in [3.8, 4) is 0 Å². The first-order chi connectivity index (χ1) is 9.35. The summed E-state index contributed by atoms with van der Waals surface area (Å²) in [7, 11) is 0.339. The number of nitrogens with one attached hydrogen (secondary N) is 1. The summed E-state index contributed by atoms with van der Waals surface area (Å²) in [6.07, 6.45) is 2.24. The molecule has 7 heteroatoms. The molecule has 2 unspecified atom stereocenters. The first-order valence-electron chi connectivity index (χ1n) is 6.09. The van der Waals surface area contributed by atoms with E-state index in [1.807, 2.05) is 6.92 Å². The predicted molar refractivity (Wildman–Crippen MR) is 78.8 cm³/mol. The summed E-state index contributed by atoms with van der Waals surface area (Å²) >= 11 is 0. The molecular weight excluding hydrogens is 283 g/mol. The van der Waals surface area contributed by atoms with Crippen LogP contribution in [0.5, 0.6) is 0 Å². The van der Waals surface area contributed by atoms with Gasteiger partial charge in [-0.3, -0.25) is 4.21 Å². The van der Waals surface area contributed by atoms with Gasteiger partial charge in [-0.05, 0) is 25.5 Å². The normalized spacial score (nSPS) is 13.6. The van der Waals surface area contributed by atoms with E-state index in [1.54, 1.807) is 6.26 Å². The molecule has 20 heavy (non-hydrogen) atoms. The number of methoxy groups -OCH3 is 1. The van der Waals surface area contributed by atoms with E-state index in [0.29, 0.717) is 12.2 Å². The number of esters is 1. The highest BCUT2D eigenvalue weighted by molar-refractivity contribution is 7.84. The van der Waals surface area contributed by atoms with Crippen LogP contribution in [0.2, 0.25) is 0 Å². The molecule has 0 heterocycles. The average molecular weight is 302 g/mol. The van der Waals surface area contributed by atoms with Gasteiger partial charge in [0.1, 0.15) is 5.82 Å². The largest absolute Gasteiger partial charge is 0.465 e. The molecule has 0 saturated carbocycles. The number of hydrogen-bond donors (Lipinski definition) is 2. The second-order valence-corrected chi connectivity index (χ2v) is 6.08. The second-order valence-electron chi connectivity index (χ2n) is 4.52. The molecule has 0 saturated heterocycles. The molecule has 1 rings (SSSR count). The van der Waals surface area contributed by atoms with Crippen LogP contribution in [0, 0.1) is 5.82 Å². The number of carbonyl (C=O) groups excluding carboxylic acids is 1. The third kappa shape index (κ3) is 4.48. The van der Waals surface area contributed by atoms with Crippen molar-refractivity contribution in [3.05, 3.63) is 23.5 Å². The predicted octanol–water partition coefficient (Wildman–Crippen LogP) is 1.76. The zero-order valence-electron chi connectivity index (χ0n) is 11.7. The van der Waals surface area contributed by atoms with Crippen LogP contribution < -0.4 is 11.1 Å². The Morgan fingerprint density at radius 2 is 2.20 bits per heavy atom. The number of benzene rings is 1. The number of nitrogens with two attached hydrogens (primary N) is 1. The summed E-state index contributed by atoms with van der Waals surface area (Å²) in [6, 6.07) is 2.33. The van der Waals surface area contributed by atoms with Gasteiger partial charge in [0.15, 0.2) is 0 Å². The number of ether oxygens (including phenoxy) is 1. The van der Waals surface area contributed by atoms with E-state index in [-0.39, 0.29) is 23.0 Å². The molecule has 1 aromatic carbocycles. The molecule has 0 aromatic heterocycles. The Bertz CT molecular complexity index is 523. The Hall–Kier alpha value is -1.63. The summed E-state index contributed by atoms with van der Waals surface area (Å²) in [4.78, 5) is 11.5. The minimum absolute atomic E-state index is 0.0298. The maximum atomic E-state index is 13.8. The maximum Gasteiger partial charge on any atom is 0.340 e. The van der Waals surface area contributed by atoms with Crippen molar-refractivity contribution in [3.63, 3.8) is 0 Å². The highest BCUT2D eigenvalue weighted by atomic mass is 32.2. The third-order valence-corrected chi connectivity index (χ3v) is 3.60. The van der Waals surface area contributed by atoms with Gasteiger partial charge in [0.05, 0.1) is 18.4 Å². The van der Waals surface area contributed by atoms with Crippen molar-refractivity contribution in [1.82, 2.24) is 0 Å². The van der Waals surface area contributed by atoms with Gasteiger partial charge in [0, 0.05) is 34.5 Å². The smallest absolute Gasteiger partial charge is 0.340 e. The second kappa shape index (κ2) is 7.23. The fourth-order valence-corrected chi connectivity index (χ4v) is 2.35. The number of carbonyl (C=O) groups is 1. The van der Waals surface area contributed by atoms with Gasteiger partial charge in [-0.1, -0.05) is 0 Å². The number of halogens is 1. The van der Waals surface area contributed by atoms with Crippen molar-refractivity contribution in [2.45, 2.75) is 19.4 Å². The van der Waals surface area contributed by atoms with Gasteiger partial charge in [-0.25, -0.2) is 9.18 Å². The SMILES string of the molecule is COC(=O)c1cc(NC(C)CCS(C)=O)c(F)cc1N. The van der Waals surface area contributed by atoms with Gasteiger partial charge in [0.2, 0.25) is 0 Å². The maximum absolute atomic E-state index is 13.8. The lowest BCUT2D eigenvalue weighted by Crippen LogP contribution is -2.19. The van der Waals surface area contributed by atoms with Crippen LogP contribution in [0.3, 0.4) is 0 Å². The van der Waals surface area contributed by atoms with Crippen molar-refractivity contribution in [2.24, 2.45) is 0 Å². The average Bonchev–Trinajstić information content (AvgIpc) is 2.38. The van der Waals surface area contributed by atoms with Crippen LogP contribution in [-0.4, -0.2) is 35.3 Å². The van der Waals surface area contributed by atoms with E-state index in [4.69, 9.17) is 5.73 Å². The van der Waals surface area contributed by atoms with Gasteiger partial charge in [-0.15, -0.1) is 0 Å². The Morgan fingerprint density at radius 1 is 1.55 bits per heavy atom. The number of rotatable bonds is 6. The summed E-state index contributed by atoms with van der Waals surface area (Å²) in [6.45, 7) is 1.85. The van der Waals surface area contributed by atoms with Gasteiger partial charge >= 0.3 is 5.97 Å². The molecule has 0 spiro atoms. The molecule has 0 bridgehead atoms. The molecule has 5 nitrogen and oxygen atoms in total.